The monoisotopic (exact) mass is 298 g/mol. The number of anilines is 1. The minimum absolute atomic E-state index is 0.226. The molecular weight excluding hydrogens is 276 g/mol. The van der Waals surface area contributed by atoms with Crippen molar-refractivity contribution < 1.29 is 9.53 Å². The highest BCUT2D eigenvalue weighted by Gasteiger charge is 2.16. The van der Waals surface area contributed by atoms with E-state index in [2.05, 4.69) is 5.32 Å². The smallest absolute Gasteiger partial charge is 0.245 e. The quantitative estimate of drug-likeness (QED) is 0.889. The van der Waals surface area contributed by atoms with Gasteiger partial charge in [0, 0.05) is 5.69 Å². The number of hydrogen-bond donors (Lipinski definition) is 2. The summed E-state index contributed by atoms with van der Waals surface area (Å²) in [6.07, 6.45) is 0. The molecule has 2 aromatic rings. The zero-order chi connectivity index (χ0) is 16.1. The molecule has 4 nitrogen and oxygen atoms in total. The largest absolute Gasteiger partial charge is 0.494 e. The molecule has 0 aliphatic rings. The Labute approximate surface area is 131 Å². The lowest BCUT2D eigenvalue weighted by molar-refractivity contribution is -0.117. The summed E-state index contributed by atoms with van der Waals surface area (Å²) in [6, 6.07) is 12.5. The Hall–Kier alpha value is -2.33. The van der Waals surface area contributed by atoms with Crippen molar-refractivity contribution in [3.05, 3.63) is 59.2 Å². The van der Waals surface area contributed by atoms with Crippen LogP contribution in [0.4, 0.5) is 5.69 Å². The van der Waals surface area contributed by atoms with Gasteiger partial charge >= 0.3 is 0 Å². The van der Waals surface area contributed by atoms with Crippen LogP contribution < -0.4 is 15.8 Å². The predicted molar refractivity (Wildman–Crippen MR) is 89.1 cm³/mol. The van der Waals surface area contributed by atoms with Crippen LogP contribution in [0.3, 0.4) is 0 Å². The third-order valence-corrected chi connectivity index (χ3v) is 3.49. The van der Waals surface area contributed by atoms with Crippen LogP contribution in [0.1, 0.15) is 29.7 Å². The average molecular weight is 298 g/mol. The van der Waals surface area contributed by atoms with E-state index < -0.39 is 6.04 Å². The summed E-state index contributed by atoms with van der Waals surface area (Å²) in [4.78, 5) is 12.3. The van der Waals surface area contributed by atoms with E-state index in [1.54, 1.807) is 0 Å². The Balaban J connectivity index is 2.09. The Bertz CT molecular complexity index is 651. The Kier molecular flexibility index (Phi) is 5.17. The summed E-state index contributed by atoms with van der Waals surface area (Å²) >= 11 is 0. The highest BCUT2D eigenvalue weighted by atomic mass is 16.5. The molecule has 0 radical (unpaired) electrons. The average Bonchev–Trinajstić information content (AvgIpc) is 2.50. The number of benzene rings is 2. The van der Waals surface area contributed by atoms with Gasteiger partial charge in [-0.2, -0.15) is 0 Å². The molecule has 0 bridgehead atoms. The number of carbonyl (C=O) groups is 1. The first kappa shape index (κ1) is 16.0. The second-order valence-electron chi connectivity index (χ2n) is 5.29. The van der Waals surface area contributed by atoms with Gasteiger partial charge in [0.15, 0.2) is 0 Å². The van der Waals surface area contributed by atoms with Gasteiger partial charge in [0.05, 0.1) is 6.61 Å². The second-order valence-corrected chi connectivity index (χ2v) is 5.29. The van der Waals surface area contributed by atoms with E-state index in [0.29, 0.717) is 6.61 Å². The number of amides is 1. The molecule has 0 spiro atoms. The van der Waals surface area contributed by atoms with E-state index in [0.717, 1.165) is 28.1 Å². The van der Waals surface area contributed by atoms with E-state index in [9.17, 15) is 4.79 Å². The minimum atomic E-state index is -0.688. The fourth-order valence-corrected chi connectivity index (χ4v) is 2.17. The van der Waals surface area contributed by atoms with E-state index in [1.807, 2.05) is 63.2 Å². The molecule has 116 valence electrons. The van der Waals surface area contributed by atoms with E-state index in [4.69, 9.17) is 10.5 Å². The normalized spacial score (nSPS) is 11.8. The maximum atomic E-state index is 12.3. The van der Waals surface area contributed by atoms with Crippen molar-refractivity contribution in [2.45, 2.75) is 26.8 Å². The van der Waals surface area contributed by atoms with Gasteiger partial charge in [-0.15, -0.1) is 0 Å². The molecule has 0 saturated heterocycles. The van der Waals surface area contributed by atoms with Crippen molar-refractivity contribution in [2.24, 2.45) is 5.73 Å². The molecule has 1 amide bonds. The van der Waals surface area contributed by atoms with Crippen LogP contribution in [0.15, 0.2) is 42.5 Å². The number of nitrogens with two attached hydrogens (primary N) is 1. The van der Waals surface area contributed by atoms with Crippen LogP contribution in [0.25, 0.3) is 0 Å². The zero-order valence-corrected chi connectivity index (χ0v) is 13.2. The molecule has 0 aliphatic carbocycles. The van der Waals surface area contributed by atoms with Crippen LogP contribution in [-0.4, -0.2) is 12.5 Å². The van der Waals surface area contributed by atoms with Gasteiger partial charge in [0.2, 0.25) is 5.91 Å². The number of nitrogens with one attached hydrogen (secondary N) is 1. The van der Waals surface area contributed by atoms with Gasteiger partial charge in [-0.1, -0.05) is 29.8 Å². The molecule has 22 heavy (non-hydrogen) atoms. The van der Waals surface area contributed by atoms with Gasteiger partial charge in [0.1, 0.15) is 11.8 Å². The molecule has 2 aromatic carbocycles. The number of carbonyl (C=O) groups excluding carboxylic acids is 1. The van der Waals surface area contributed by atoms with Crippen molar-refractivity contribution in [3.63, 3.8) is 0 Å². The lowest BCUT2D eigenvalue weighted by Gasteiger charge is -2.15. The number of hydrogen-bond acceptors (Lipinski definition) is 3. The number of aryl methyl sites for hydroxylation is 2. The first-order valence-corrected chi connectivity index (χ1v) is 7.37. The molecule has 3 N–H and O–H groups in total. The topological polar surface area (TPSA) is 64.3 Å². The van der Waals surface area contributed by atoms with Gasteiger partial charge in [-0.05, 0) is 50.1 Å². The highest BCUT2D eigenvalue weighted by molar-refractivity contribution is 5.96. The van der Waals surface area contributed by atoms with Crippen molar-refractivity contribution in [3.8, 4) is 5.75 Å². The minimum Gasteiger partial charge on any atom is -0.494 e. The number of ether oxygens (including phenoxy) is 1. The summed E-state index contributed by atoms with van der Waals surface area (Å²) < 4.78 is 5.44. The van der Waals surface area contributed by atoms with Gasteiger partial charge in [-0.25, -0.2) is 0 Å². The first-order valence-electron chi connectivity index (χ1n) is 7.37. The predicted octanol–water partition coefficient (Wildman–Crippen LogP) is 3.34. The maximum absolute atomic E-state index is 12.3. The SMILES string of the molecule is CCOc1ccc(NC(=O)C(N)c2ccc(C)cc2)c(C)c1. The van der Waals surface area contributed by atoms with Crippen LogP contribution >= 0.6 is 0 Å². The summed E-state index contributed by atoms with van der Waals surface area (Å²) in [5, 5.41) is 2.87. The fraction of sp³-hybridized carbons (Fsp3) is 0.278. The van der Waals surface area contributed by atoms with Crippen molar-refractivity contribution >= 4 is 11.6 Å². The molecule has 0 fully saturated rings. The van der Waals surface area contributed by atoms with Gasteiger partial charge in [-0.3, -0.25) is 4.79 Å². The highest BCUT2D eigenvalue weighted by Crippen LogP contribution is 2.22. The standard InChI is InChI=1S/C18H22N2O2/c1-4-22-15-9-10-16(13(3)11-15)20-18(21)17(19)14-7-5-12(2)6-8-14/h5-11,17H,4,19H2,1-3H3,(H,20,21). The van der Waals surface area contributed by atoms with Crippen molar-refractivity contribution in [1.29, 1.82) is 0 Å². The van der Waals surface area contributed by atoms with E-state index >= 15 is 0 Å². The van der Waals surface area contributed by atoms with Crippen LogP contribution in [0.2, 0.25) is 0 Å². The molecule has 1 atom stereocenters. The van der Waals surface area contributed by atoms with Gasteiger partial charge in [0.25, 0.3) is 0 Å². The fourth-order valence-electron chi connectivity index (χ4n) is 2.17. The van der Waals surface area contributed by atoms with Gasteiger partial charge < -0.3 is 15.8 Å². The second kappa shape index (κ2) is 7.09. The number of rotatable bonds is 5. The Morgan fingerprint density at radius 3 is 2.45 bits per heavy atom. The first-order chi connectivity index (χ1) is 10.5. The Morgan fingerprint density at radius 1 is 1.18 bits per heavy atom. The maximum Gasteiger partial charge on any atom is 0.245 e. The van der Waals surface area contributed by atoms with Crippen LogP contribution in [0.5, 0.6) is 5.75 Å². The van der Waals surface area contributed by atoms with Crippen molar-refractivity contribution in [1.82, 2.24) is 0 Å². The molecule has 0 aromatic heterocycles. The lowest BCUT2D eigenvalue weighted by Crippen LogP contribution is -2.28. The molecule has 4 heteroatoms. The lowest BCUT2D eigenvalue weighted by atomic mass is 10.0. The summed E-state index contributed by atoms with van der Waals surface area (Å²) in [6.45, 7) is 6.48. The van der Waals surface area contributed by atoms with Crippen molar-refractivity contribution in [2.75, 3.05) is 11.9 Å². The van der Waals surface area contributed by atoms with Crippen LogP contribution in [0, 0.1) is 13.8 Å². The summed E-state index contributed by atoms with van der Waals surface area (Å²) in [5.74, 6) is 0.567. The molecule has 1 unspecified atom stereocenters. The molecule has 0 saturated carbocycles. The third-order valence-electron chi connectivity index (χ3n) is 3.49. The van der Waals surface area contributed by atoms with Crippen LogP contribution in [-0.2, 0) is 4.79 Å². The summed E-state index contributed by atoms with van der Waals surface area (Å²) in [5.41, 5.74) is 9.65. The third kappa shape index (κ3) is 3.86. The summed E-state index contributed by atoms with van der Waals surface area (Å²) in [7, 11) is 0. The molecular formula is C18H22N2O2. The van der Waals surface area contributed by atoms with E-state index in [-0.39, 0.29) is 5.91 Å². The molecule has 0 aliphatic heterocycles. The molecule has 2 rings (SSSR count). The van der Waals surface area contributed by atoms with E-state index in [1.165, 1.54) is 0 Å². The molecule has 0 heterocycles. The Morgan fingerprint density at radius 2 is 1.86 bits per heavy atom. The zero-order valence-electron chi connectivity index (χ0n) is 13.2.